The molecule has 144 valence electrons. The summed E-state index contributed by atoms with van der Waals surface area (Å²) in [5.74, 6) is -0.436. The number of rotatable bonds is 6. The number of aromatic nitrogens is 2. The van der Waals surface area contributed by atoms with Gasteiger partial charge in [0.05, 0.1) is 10.2 Å². The van der Waals surface area contributed by atoms with Crippen LogP contribution in [0.15, 0.2) is 62.6 Å². The number of hydrogen-bond acceptors (Lipinski definition) is 5. The van der Waals surface area contributed by atoms with Crippen LogP contribution in [-0.2, 0) is 6.42 Å². The molecule has 2 amide bonds. The fourth-order valence-electron chi connectivity index (χ4n) is 2.30. The summed E-state index contributed by atoms with van der Waals surface area (Å²) >= 11 is 3.08. The Morgan fingerprint density at radius 2 is 2.00 bits per heavy atom. The minimum absolute atomic E-state index is 0.0274. The number of benzene rings is 2. The van der Waals surface area contributed by atoms with Gasteiger partial charge < -0.3 is 11.1 Å². The molecule has 10 heteroatoms. The van der Waals surface area contributed by atoms with Gasteiger partial charge in [-0.2, -0.15) is 0 Å². The average Bonchev–Trinajstić information content (AvgIpc) is 3.14. The highest BCUT2D eigenvalue weighted by Gasteiger charge is 2.16. The van der Waals surface area contributed by atoms with Crippen molar-refractivity contribution in [3.05, 3.63) is 70.1 Å². The molecule has 0 unspecified atom stereocenters. The molecule has 2 aromatic carbocycles. The van der Waals surface area contributed by atoms with E-state index in [-0.39, 0.29) is 21.8 Å². The van der Waals surface area contributed by atoms with Crippen LogP contribution in [0.3, 0.4) is 0 Å². The van der Waals surface area contributed by atoms with E-state index in [1.54, 1.807) is 0 Å². The van der Waals surface area contributed by atoms with Crippen molar-refractivity contribution in [2.75, 3.05) is 11.9 Å². The summed E-state index contributed by atoms with van der Waals surface area (Å²) < 4.78 is 18.2. The lowest BCUT2D eigenvalue weighted by atomic mass is 10.1. The van der Waals surface area contributed by atoms with Gasteiger partial charge in [-0.1, -0.05) is 30.3 Å². The molecule has 0 bridgehead atoms. The highest BCUT2D eigenvalue weighted by molar-refractivity contribution is 9.10. The number of amidine groups is 1. The molecule has 3 rings (SSSR count). The summed E-state index contributed by atoms with van der Waals surface area (Å²) in [7, 11) is 0. The van der Waals surface area contributed by atoms with Crippen molar-refractivity contribution in [1.29, 1.82) is 0 Å². The SMILES string of the molecule is NC(=Nc1ccc(F)c(Br)c1)c1nonc1NC(=O)NCCc1ccccc1. The minimum Gasteiger partial charge on any atom is -0.382 e. The Hall–Kier alpha value is -3.27. The quantitative estimate of drug-likeness (QED) is 0.396. The van der Waals surface area contributed by atoms with Crippen LogP contribution in [-0.4, -0.2) is 28.7 Å². The molecule has 0 saturated carbocycles. The number of carbonyl (C=O) groups excluding carboxylic acids is 1. The normalized spacial score (nSPS) is 11.3. The predicted octanol–water partition coefficient (Wildman–Crippen LogP) is 3.37. The van der Waals surface area contributed by atoms with Crippen LogP contribution in [0, 0.1) is 5.82 Å². The largest absolute Gasteiger partial charge is 0.382 e. The number of aliphatic imine (C=N–C) groups is 1. The van der Waals surface area contributed by atoms with Crippen LogP contribution >= 0.6 is 15.9 Å². The van der Waals surface area contributed by atoms with Gasteiger partial charge in [-0.25, -0.2) is 18.8 Å². The first kappa shape index (κ1) is 19.5. The Morgan fingerprint density at radius 3 is 2.75 bits per heavy atom. The molecule has 0 spiro atoms. The van der Waals surface area contributed by atoms with Crippen LogP contribution in [0.1, 0.15) is 11.3 Å². The van der Waals surface area contributed by atoms with Crippen LogP contribution in [0.4, 0.5) is 20.7 Å². The van der Waals surface area contributed by atoms with E-state index in [1.165, 1.54) is 18.2 Å². The molecule has 1 aromatic heterocycles. The number of hydrogen-bond donors (Lipinski definition) is 3. The van der Waals surface area contributed by atoms with Crippen LogP contribution < -0.4 is 16.4 Å². The first-order valence-corrected chi connectivity index (χ1v) is 9.03. The fraction of sp³-hybridized carbons (Fsp3) is 0.111. The van der Waals surface area contributed by atoms with E-state index < -0.39 is 11.8 Å². The molecule has 0 saturated heterocycles. The van der Waals surface area contributed by atoms with E-state index in [2.05, 4.69) is 46.5 Å². The third-order valence-corrected chi connectivity index (χ3v) is 4.27. The van der Waals surface area contributed by atoms with Crippen molar-refractivity contribution < 1.29 is 13.8 Å². The van der Waals surface area contributed by atoms with E-state index >= 15 is 0 Å². The van der Waals surface area contributed by atoms with Crippen LogP contribution in [0.5, 0.6) is 0 Å². The van der Waals surface area contributed by atoms with Gasteiger partial charge in [-0.3, -0.25) is 5.32 Å². The Morgan fingerprint density at radius 1 is 1.21 bits per heavy atom. The van der Waals surface area contributed by atoms with Gasteiger partial charge in [-0.05, 0) is 56.4 Å². The molecule has 1 heterocycles. The van der Waals surface area contributed by atoms with Crippen LogP contribution in [0.25, 0.3) is 0 Å². The fourth-order valence-corrected chi connectivity index (χ4v) is 2.67. The van der Waals surface area contributed by atoms with Crippen molar-refractivity contribution in [2.45, 2.75) is 6.42 Å². The maximum atomic E-state index is 13.3. The maximum Gasteiger partial charge on any atom is 0.320 e. The molecule has 0 fully saturated rings. The van der Waals surface area contributed by atoms with Gasteiger partial charge >= 0.3 is 6.03 Å². The molecular weight excluding hydrogens is 431 g/mol. The molecule has 8 nitrogen and oxygen atoms in total. The third-order valence-electron chi connectivity index (χ3n) is 3.66. The first-order chi connectivity index (χ1) is 13.5. The number of nitrogens with two attached hydrogens (primary N) is 1. The van der Waals surface area contributed by atoms with E-state index in [1.807, 2.05) is 30.3 Å². The number of carbonyl (C=O) groups is 1. The second kappa shape index (κ2) is 9.09. The second-order valence-electron chi connectivity index (χ2n) is 5.67. The Kier molecular flexibility index (Phi) is 6.33. The van der Waals surface area contributed by atoms with Gasteiger partial charge in [0.2, 0.25) is 5.82 Å². The number of halogens is 2. The van der Waals surface area contributed by atoms with Gasteiger partial charge in [-0.15, -0.1) is 0 Å². The zero-order chi connectivity index (χ0) is 19.9. The van der Waals surface area contributed by atoms with Crippen molar-refractivity contribution in [3.63, 3.8) is 0 Å². The lowest BCUT2D eigenvalue weighted by molar-refractivity contribution is 0.251. The molecule has 0 radical (unpaired) electrons. The second-order valence-corrected chi connectivity index (χ2v) is 6.53. The predicted molar refractivity (Wildman–Crippen MR) is 106 cm³/mol. The summed E-state index contributed by atoms with van der Waals surface area (Å²) in [4.78, 5) is 16.2. The molecule has 0 aliphatic rings. The molecule has 0 aliphatic carbocycles. The summed E-state index contributed by atoms with van der Waals surface area (Å²) in [5, 5.41) is 12.5. The molecule has 28 heavy (non-hydrogen) atoms. The number of anilines is 1. The summed E-state index contributed by atoms with van der Waals surface area (Å²) in [5.41, 5.74) is 7.49. The standard InChI is InChI=1S/C18H16BrFN6O2/c19-13-10-12(6-7-14(13)20)23-16(21)15-17(26-28-25-15)24-18(27)22-9-8-11-4-2-1-3-5-11/h1-7,10H,8-9H2,(H2,21,23)(H2,22,24,26,27). The molecular formula is C18H16BrFN6O2. The van der Waals surface area contributed by atoms with Crippen molar-refractivity contribution in [2.24, 2.45) is 10.7 Å². The lowest BCUT2D eigenvalue weighted by Gasteiger charge is -2.06. The topological polar surface area (TPSA) is 118 Å². The van der Waals surface area contributed by atoms with Crippen molar-refractivity contribution >= 4 is 39.3 Å². The highest BCUT2D eigenvalue weighted by Crippen LogP contribution is 2.23. The zero-order valence-electron chi connectivity index (χ0n) is 14.5. The van der Waals surface area contributed by atoms with Gasteiger partial charge in [0.15, 0.2) is 11.5 Å². The Balaban J connectivity index is 1.61. The maximum absolute atomic E-state index is 13.3. The Bertz CT molecular complexity index is 993. The van der Waals surface area contributed by atoms with Crippen LogP contribution in [0.2, 0.25) is 0 Å². The van der Waals surface area contributed by atoms with E-state index in [0.717, 1.165) is 5.56 Å². The van der Waals surface area contributed by atoms with Gasteiger partial charge in [0.1, 0.15) is 5.82 Å². The van der Waals surface area contributed by atoms with Gasteiger partial charge in [0, 0.05) is 6.54 Å². The molecule has 4 N–H and O–H groups in total. The molecule has 3 aromatic rings. The monoisotopic (exact) mass is 446 g/mol. The third kappa shape index (κ3) is 5.13. The van der Waals surface area contributed by atoms with E-state index in [9.17, 15) is 9.18 Å². The van der Waals surface area contributed by atoms with E-state index in [0.29, 0.717) is 18.7 Å². The smallest absolute Gasteiger partial charge is 0.320 e. The number of nitrogens with zero attached hydrogens (tertiary/aromatic N) is 3. The minimum atomic E-state index is -0.481. The summed E-state index contributed by atoms with van der Waals surface area (Å²) in [6.07, 6.45) is 0.682. The first-order valence-electron chi connectivity index (χ1n) is 8.24. The number of nitrogens with one attached hydrogen (secondary N) is 2. The Labute approximate surface area is 168 Å². The summed E-state index contributed by atoms with van der Waals surface area (Å²) in [6, 6.07) is 13.4. The highest BCUT2D eigenvalue weighted by atomic mass is 79.9. The average molecular weight is 447 g/mol. The molecule has 0 aliphatic heterocycles. The van der Waals surface area contributed by atoms with E-state index in [4.69, 9.17) is 5.73 Å². The van der Waals surface area contributed by atoms with Crippen molar-refractivity contribution in [3.8, 4) is 0 Å². The van der Waals surface area contributed by atoms with Crippen molar-refractivity contribution in [1.82, 2.24) is 15.6 Å². The zero-order valence-corrected chi connectivity index (χ0v) is 16.1. The lowest BCUT2D eigenvalue weighted by Crippen LogP contribution is -2.31. The summed E-state index contributed by atoms with van der Waals surface area (Å²) in [6.45, 7) is 0.434. The number of amides is 2. The van der Waals surface area contributed by atoms with Gasteiger partial charge in [0.25, 0.3) is 0 Å². The number of urea groups is 1. The molecule has 0 atom stereocenters.